The van der Waals surface area contributed by atoms with Crippen molar-refractivity contribution >= 4 is 17.5 Å². The Morgan fingerprint density at radius 3 is 2.60 bits per heavy atom. The Kier molecular flexibility index (Phi) is 12.1. The summed E-state index contributed by atoms with van der Waals surface area (Å²) in [5.74, 6) is -1.65. The van der Waals surface area contributed by atoms with Crippen molar-refractivity contribution in [1.29, 1.82) is 0 Å². The van der Waals surface area contributed by atoms with Gasteiger partial charge in [0, 0.05) is 12.3 Å². The van der Waals surface area contributed by atoms with Crippen molar-refractivity contribution < 1.29 is 29.3 Å². The highest BCUT2D eigenvalue weighted by molar-refractivity contribution is 6.36. The van der Waals surface area contributed by atoms with E-state index in [1.54, 1.807) is 6.92 Å². The summed E-state index contributed by atoms with van der Waals surface area (Å²) in [6.07, 6.45) is 12.8. The van der Waals surface area contributed by atoms with Crippen LogP contribution >= 0.6 is 0 Å². The Bertz CT molecular complexity index is 580. The molecule has 6 heteroatoms. The van der Waals surface area contributed by atoms with E-state index in [1.807, 2.05) is 0 Å². The third-order valence-corrected chi connectivity index (χ3v) is 6.07. The lowest BCUT2D eigenvalue weighted by Crippen LogP contribution is -2.50. The molecule has 1 fully saturated rings. The minimum Gasteiger partial charge on any atom is -0.460 e. The van der Waals surface area contributed by atoms with E-state index in [0.29, 0.717) is 24.5 Å². The summed E-state index contributed by atoms with van der Waals surface area (Å²) in [5.41, 5.74) is -2.17. The van der Waals surface area contributed by atoms with Crippen molar-refractivity contribution in [3.63, 3.8) is 0 Å². The molecule has 30 heavy (non-hydrogen) atoms. The predicted octanol–water partition coefficient (Wildman–Crippen LogP) is 3.91. The quantitative estimate of drug-likeness (QED) is 0.179. The molecule has 2 N–H and O–H groups in total. The largest absolute Gasteiger partial charge is 0.460 e. The highest BCUT2D eigenvalue weighted by atomic mass is 16.5. The summed E-state index contributed by atoms with van der Waals surface area (Å²) >= 11 is 0. The molecule has 172 valence electrons. The van der Waals surface area contributed by atoms with Gasteiger partial charge in [0.2, 0.25) is 0 Å². The number of ether oxygens (including phenoxy) is 1. The van der Waals surface area contributed by atoms with Gasteiger partial charge in [-0.3, -0.25) is 9.59 Å². The Morgan fingerprint density at radius 1 is 1.20 bits per heavy atom. The van der Waals surface area contributed by atoms with Crippen LogP contribution < -0.4 is 0 Å². The molecule has 0 heterocycles. The van der Waals surface area contributed by atoms with Gasteiger partial charge in [0.1, 0.15) is 5.78 Å². The van der Waals surface area contributed by atoms with Gasteiger partial charge in [-0.25, -0.2) is 4.79 Å². The molecule has 0 bridgehead atoms. The first kappa shape index (κ1) is 26.5. The van der Waals surface area contributed by atoms with Crippen molar-refractivity contribution in [2.24, 2.45) is 11.8 Å². The third kappa shape index (κ3) is 8.31. The summed E-state index contributed by atoms with van der Waals surface area (Å²) in [7, 11) is 0. The van der Waals surface area contributed by atoms with E-state index in [-0.39, 0.29) is 18.9 Å². The van der Waals surface area contributed by atoms with E-state index < -0.39 is 23.5 Å². The van der Waals surface area contributed by atoms with Crippen molar-refractivity contribution in [2.75, 3.05) is 6.61 Å². The van der Waals surface area contributed by atoms with Crippen LogP contribution in [-0.4, -0.2) is 46.1 Å². The van der Waals surface area contributed by atoms with Crippen molar-refractivity contribution in [3.8, 4) is 0 Å². The molecule has 0 aromatic carbocycles. The van der Waals surface area contributed by atoms with E-state index in [1.165, 1.54) is 25.7 Å². The molecule has 0 radical (unpaired) electrons. The fourth-order valence-corrected chi connectivity index (χ4v) is 4.04. The lowest BCUT2D eigenvalue weighted by atomic mass is 9.87. The zero-order chi connectivity index (χ0) is 22.6. The van der Waals surface area contributed by atoms with Crippen LogP contribution in [0.1, 0.15) is 91.4 Å². The van der Waals surface area contributed by atoms with Crippen molar-refractivity contribution in [3.05, 3.63) is 12.2 Å². The summed E-state index contributed by atoms with van der Waals surface area (Å²) in [6.45, 7) is 4.93. The molecular weight excluding hydrogens is 384 g/mol. The van der Waals surface area contributed by atoms with Gasteiger partial charge in [-0.2, -0.15) is 0 Å². The van der Waals surface area contributed by atoms with Crippen LogP contribution in [0.25, 0.3) is 0 Å². The van der Waals surface area contributed by atoms with E-state index in [9.17, 15) is 24.6 Å². The molecule has 0 aliphatic heterocycles. The lowest BCUT2D eigenvalue weighted by Gasteiger charge is -2.26. The number of carbonyl (C=O) groups excluding carboxylic acids is 3. The van der Waals surface area contributed by atoms with Crippen molar-refractivity contribution in [2.45, 2.75) is 103 Å². The normalized spacial score (nSPS) is 22.2. The first-order valence-electron chi connectivity index (χ1n) is 11.6. The van der Waals surface area contributed by atoms with Crippen LogP contribution in [0.3, 0.4) is 0 Å². The van der Waals surface area contributed by atoms with Crippen LogP contribution in [-0.2, 0) is 19.1 Å². The minimum atomic E-state index is -2.17. The molecule has 0 aromatic rings. The molecule has 0 saturated heterocycles. The number of carbonyl (C=O) groups is 3. The topological polar surface area (TPSA) is 101 Å². The van der Waals surface area contributed by atoms with Gasteiger partial charge in [0.05, 0.1) is 12.7 Å². The molecule has 6 nitrogen and oxygen atoms in total. The van der Waals surface area contributed by atoms with Gasteiger partial charge >= 0.3 is 5.97 Å². The maximum atomic E-state index is 12.3. The smallest absolute Gasteiger partial charge is 0.377 e. The van der Waals surface area contributed by atoms with Crippen molar-refractivity contribution in [1.82, 2.24) is 0 Å². The number of hydrogen-bond acceptors (Lipinski definition) is 6. The van der Waals surface area contributed by atoms with Gasteiger partial charge in [-0.1, -0.05) is 51.2 Å². The molecule has 0 aromatic heterocycles. The maximum Gasteiger partial charge on any atom is 0.377 e. The maximum absolute atomic E-state index is 12.3. The van der Waals surface area contributed by atoms with E-state index in [0.717, 1.165) is 32.6 Å². The van der Waals surface area contributed by atoms with Gasteiger partial charge in [0.25, 0.3) is 5.78 Å². The fourth-order valence-electron chi connectivity index (χ4n) is 4.04. The number of hydrogen-bond donors (Lipinski definition) is 2. The van der Waals surface area contributed by atoms with Crippen LogP contribution in [0.5, 0.6) is 0 Å². The number of aliphatic hydroxyl groups excluding tert-OH is 1. The second-order valence-electron chi connectivity index (χ2n) is 8.55. The third-order valence-electron chi connectivity index (χ3n) is 6.07. The van der Waals surface area contributed by atoms with E-state index in [2.05, 4.69) is 23.8 Å². The first-order valence-corrected chi connectivity index (χ1v) is 11.6. The number of esters is 1. The molecular formula is C24H40O6. The summed E-state index contributed by atoms with van der Waals surface area (Å²) < 4.78 is 4.61. The number of aliphatic hydroxyl groups is 2. The zero-order valence-corrected chi connectivity index (χ0v) is 18.9. The molecule has 1 saturated carbocycles. The average molecular weight is 425 g/mol. The van der Waals surface area contributed by atoms with Gasteiger partial charge in [-0.15, -0.1) is 0 Å². The SMILES string of the molecule is CCCCCCC=C[C@H]1CCC(=O)[C@@H]1CCCCC(O)C(C)(O)C(=O)C(=O)OCC. The molecule has 4 atom stereocenters. The number of Topliss-reactive ketones (excluding diaryl/α,β-unsaturated/α-hetero) is 2. The van der Waals surface area contributed by atoms with Crippen LogP contribution in [0.15, 0.2) is 12.2 Å². The molecule has 2 unspecified atom stereocenters. The Balaban J connectivity index is 2.41. The highest BCUT2D eigenvalue weighted by Gasteiger charge is 2.42. The summed E-state index contributed by atoms with van der Waals surface area (Å²) in [6, 6.07) is 0. The lowest BCUT2D eigenvalue weighted by molar-refractivity contribution is -0.168. The zero-order valence-electron chi connectivity index (χ0n) is 18.9. The molecule has 1 aliphatic rings. The molecule has 1 aliphatic carbocycles. The number of rotatable bonds is 15. The highest BCUT2D eigenvalue weighted by Crippen LogP contribution is 2.34. The minimum absolute atomic E-state index is 0.0238. The van der Waals surface area contributed by atoms with Crippen LogP contribution in [0.4, 0.5) is 0 Å². The van der Waals surface area contributed by atoms with E-state index >= 15 is 0 Å². The van der Waals surface area contributed by atoms with Crippen LogP contribution in [0, 0.1) is 11.8 Å². The fraction of sp³-hybridized carbons (Fsp3) is 0.792. The molecule has 0 spiro atoms. The second kappa shape index (κ2) is 13.7. The van der Waals surface area contributed by atoms with Gasteiger partial charge < -0.3 is 14.9 Å². The summed E-state index contributed by atoms with van der Waals surface area (Å²) in [4.78, 5) is 35.8. The standard InChI is InChI=1S/C24H40O6/c1-4-6-7-8-9-10-13-18-16-17-20(25)19(18)14-11-12-15-21(26)24(3,29)22(27)23(28)30-5-2/h10,13,18-19,21,26,29H,4-9,11-12,14-17H2,1-3H3/t18-,19+,21?,24?/m0/s1. The number of ketones is 2. The number of unbranched alkanes of at least 4 members (excludes halogenated alkanes) is 5. The van der Waals surface area contributed by atoms with Gasteiger partial charge in [-0.05, 0) is 51.9 Å². The number of allylic oxidation sites excluding steroid dienone is 2. The Labute approximate surface area is 181 Å². The molecule has 0 amide bonds. The molecule has 1 rings (SSSR count). The monoisotopic (exact) mass is 424 g/mol. The van der Waals surface area contributed by atoms with E-state index in [4.69, 9.17) is 0 Å². The first-order chi connectivity index (χ1) is 14.3. The predicted molar refractivity (Wildman–Crippen MR) is 116 cm³/mol. The average Bonchev–Trinajstić information content (AvgIpc) is 3.06. The van der Waals surface area contributed by atoms with Gasteiger partial charge in [0.15, 0.2) is 5.60 Å². The second-order valence-corrected chi connectivity index (χ2v) is 8.55. The van der Waals surface area contributed by atoms with Crippen LogP contribution in [0.2, 0.25) is 0 Å². The Hall–Kier alpha value is -1.53. The Morgan fingerprint density at radius 2 is 1.93 bits per heavy atom. The summed E-state index contributed by atoms with van der Waals surface area (Å²) in [5, 5.41) is 20.5.